The number of aryl methyl sites for hydroxylation is 2. The Morgan fingerprint density at radius 2 is 2.04 bits per heavy atom. The van der Waals surface area contributed by atoms with Crippen molar-refractivity contribution in [2.45, 2.75) is 33.4 Å². The summed E-state index contributed by atoms with van der Waals surface area (Å²) in [5.74, 6) is 0.274. The summed E-state index contributed by atoms with van der Waals surface area (Å²) >= 11 is 0. The molecule has 0 saturated heterocycles. The summed E-state index contributed by atoms with van der Waals surface area (Å²) in [7, 11) is 1.86. The van der Waals surface area contributed by atoms with Crippen LogP contribution in [-0.4, -0.2) is 25.6 Å². The maximum absolute atomic E-state index is 13.4. The summed E-state index contributed by atoms with van der Waals surface area (Å²) in [5.41, 5.74) is 3.54. The molecule has 0 unspecified atom stereocenters. The van der Waals surface area contributed by atoms with Crippen LogP contribution in [0.3, 0.4) is 0 Å². The second-order valence-corrected chi connectivity index (χ2v) is 6.59. The summed E-state index contributed by atoms with van der Waals surface area (Å²) < 4.78 is 16.8. The van der Waals surface area contributed by atoms with Crippen molar-refractivity contribution < 1.29 is 9.18 Å². The topological polar surface area (TPSA) is 76.8 Å². The van der Waals surface area contributed by atoms with E-state index in [0.29, 0.717) is 12.4 Å². The number of carbonyl (C=O) groups excluding carboxylic acids is 1. The molecule has 142 valence electrons. The first kappa shape index (κ1) is 18.6. The Kier molecular flexibility index (Phi) is 5.25. The number of carbonyl (C=O) groups is 1. The summed E-state index contributed by atoms with van der Waals surface area (Å²) in [6, 6.07) is 5.78. The Morgan fingerprint density at radius 1 is 1.26 bits per heavy atom. The smallest absolute Gasteiger partial charge is 0.320 e. The van der Waals surface area contributed by atoms with Crippen LogP contribution in [0.25, 0.3) is 0 Å². The fourth-order valence-electron chi connectivity index (χ4n) is 2.93. The molecule has 27 heavy (non-hydrogen) atoms. The zero-order valence-electron chi connectivity index (χ0n) is 15.8. The fraction of sp³-hybridized carbons (Fsp3) is 0.316. The number of benzene rings is 1. The first-order valence-corrected chi connectivity index (χ1v) is 8.68. The highest BCUT2D eigenvalue weighted by atomic mass is 19.1. The number of halogens is 1. The van der Waals surface area contributed by atoms with Crippen molar-refractivity contribution in [3.8, 4) is 0 Å². The predicted octanol–water partition coefficient (Wildman–Crippen LogP) is 3.30. The average molecular weight is 370 g/mol. The number of amides is 2. The van der Waals surface area contributed by atoms with E-state index in [2.05, 4.69) is 20.8 Å². The fourth-order valence-corrected chi connectivity index (χ4v) is 2.93. The first-order chi connectivity index (χ1) is 12.8. The lowest BCUT2D eigenvalue weighted by molar-refractivity contribution is 0.249. The van der Waals surface area contributed by atoms with Crippen LogP contribution in [0.15, 0.2) is 36.7 Å². The molecule has 1 aromatic carbocycles. The lowest BCUT2D eigenvalue weighted by atomic mass is 10.1. The van der Waals surface area contributed by atoms with Crippen molar-refractivity contribution in [1.29, 1.82) is 0 Å². The number of aromatic nitrogens is 4. The van der Waals surface area contributed by atoms with Gasteiger partial charge in [0.05, 0.1) is 25.0 Å². The molecule has 3 rings (SSSR count). The molecule has 7 nitrogen and oxygen atoms in total. The Hall–Kier alpha value is -3.16. The molecule has 0 aliphatic carbocycles. The van der Waals surface area contributed by atoms with Crippen LogP contribution in [0, 0.1) is 19.7 Å². The largest absolute Gasteiger partial charge is 0.331 e. The van der Waals surface area contributed by atoms with Crippen LogP contribution >= 0.6 is 0 Å². The molecule has 0 aliphatic heterocycles. The van der Waals surface area contributed by atoms with Gasteiger partial charge in [0.15, 0.2) is 0 Å². The van der Waals surface area contributed by atoms with Crippen LogP contribution in [0.1, 0.15) is 35.3 Å². The van der Waals surface area contributed by atoms with E-state index in [9.17, 15) is 9.18 Å². The van der Waals surface area contributed by atoms with Crippen molar-refractivity contribution in [2.24, 2.45) is 7.05 Å². The van der Waals surface area contributed by atoms with Crippen LogP contribution in [-0.2, 0) is 13.6 Å². The van der Waals surface area contributed by atoms with E-state index >= 15 is 0 Å². The van der Waals surface area contributed by atoms with Crippen LogP contribution < -0.4 is 10.6 Å². The van der Waals surface area contributed by atoms with Crippen LogP contribution in [0.5, 0.6) is 0 Å². The Balaban J connectivity index is 1.71. The Morgan fingerprint density at radius 3 is 2.70 bits per heavy atom. The third-order valence-corrected chi connectivity index (χ3v) is 4.56. The molecule has 0 radical (unpaired) electrons. The van der Waals surface area contributed by atoms with Gasteiger partial charge in [0, 0.05) is 23.9 Å². The molecule has 0 bridgehead atoms. The van der Waals surface area contributed by atoms with E-state index in [4.69, 9.17) is 0 Å². The van der Waals surface area contributed by atoms with Crippen molar-refractivity contribution in [1.82, 2.24) is 24.9 Å². The van der Waals surface area contributed by atoms with Gasteiger partial charge in [-0.15, -0.1) is 0 Å². The summed E-state index contributed by atoms with van der Waals surface area (Å²) in [4.78, 5) is 12.5. The third-order valence-electron chi connectivity index (χ3n) is 4.56. The SMILES string of the molecule is Cc1cnn(Cc2cccc(F)c2)c1NC(=O)N[C@H](C)c1cnn(C)c1C. The highest BCUT2D eigenvalue weighted by molar-refractivity contribution is 5.89. The zero-order chi connectivity index (χ0) is 19.6. The van der Waals surface area contributed by atoms with E-state index < -0.39 is 0 Å². The van der Waals surface area contributed by atoms with Gasteiger partial charge < -0.3 is 5.32 Å². The van der Waals surface area contributed by atoms with E-state index in [0.717, 1.165) is 22.4 Å². The summed E-state index contributed by atoms with van der Waals surface area (Å²) in [6.07, 6.45) is 3.42. The minimum absolute atomic E-state index is 0.196. The van der Waals surface area contributed by atoms with Gasteiger partial charge in [0.1, 0.15) is 11.6 Å². The zero-order valence-corrected chi connectivity index (χ0v) is 15.8. The molecule has 3 aromatic rings. The third kappa shape index (κ3) is 4.16. The number of anilines is 1. The minimum atomic E-state index is -0.338. The summed E-state index contributed by atoms with van der Waals surface area (Å²) in [6.45, 7) is 6.08. The molecule has 2 N–H and O–H groups in total. The molecule has 1 atom stereocenters. The number of hydrogen-bond acceptors (Lipinski definition) is 3. The second-order valence-electron chi connectivity index (χ2n) is 6.59. The maximum Gasteiger partial charge on any atom is 0.320 e. The van der Waals surface area contributed by atoms with Crippen LogP contribution in [0.2, 0.25) is 0 Å². The van der Waals surface area contributed by atoms with Gasteiger partial charge in [-0.05, 0) is 38.5 Å². The Bertz CT molecular complexity index is 961. The standard InChI is InChI=1S/C19H23FN6O/c1-12-9-22-26(11-15-6-5-7-16(20)8-15)18(12)24-19(27)23-13(2)17-10-21-25(4)14(17)3/h5-10,13H,11H2,1-4H3,(H2,23,24,27)/t13-/m1/s1. The molecule has 2 heterocycles. The lowest BCUT2D eigenvalue weighted by Crippen LogP contribution is -2.32. The second kappa shape index (κ2) is 7.61. The van der Waals surface area contributed by atoms with Gasteiger partial charge in [-0.25, -0.2) is 13.9 Å². The number of hydrogen-bond donors (Lipinski definition) is 2. The van der Waals surface area contributed by atoms with Gasteiger partial charge in [-0.1, -0.05) is 12.1 Å². The monoisotopic (exact) mass is 370 g/mol. The van der Waals surface area contributed by atoms with Crippen molar-refractivity contribution >= 4 is 11.8 Å². The van der Waals surface area contributed by atoms with Crippen molar-refractivity contribution in [3.63, 3.8) is 0 Å². The first-order valence-electron chi connectivity index (χ1n) is 8.68. The van der Waals surface area contributed by atoms with Crippen molar-refractivity contribution in [2.75, 3.05) is 5.32 Å². The number of urea groups is 1. The lowest BCUT2D eigenvalue weighted by Gasteiger charge is -2.16. The van der Waals surface area contributed by atoms with E-state index in [1.165, 1.54) is 12.1 Å². The van der Waals surface area contributed by atoms with E-state index in [1.54, 1.807) is 27.8 Å². The quantitative estimate of drug-likeness (QED) is 0.723. The number of nitrogens with one attached hydrogen (secondary N) is 2. The maximum atomic E-state index is 13.4. The van der Waals surface area contributed by atoms with Crippen molar-refractivity contribution in [3.05, 3.63) is 64.9 Å². The highest BCUT2D eigenvalue weighted by Crippen LogP contribution is 2.18. The molecule has 2 aromatic heterocycles. The van der Waals surface area contributed by atoms with Gasteiger partial charge >= 0.3 is 6.03 Å². The van der Waals surface area contributed by atoms with E-state index in [-0.39, 0.29) is 17.9 Å². The predicted molar refractivity (Wildman–Crippen MR) is 101 cm³/mol. The minimum Gasteiger partial charge on any atom is -0.331 e. The summed E-state index contributed by atoms with van der Waals surface area (Å²) in [5, 5.41) is 14.3. The number of rotatable bonds is 5. The van der Waals surface area contributed by atoms with Crippen LogP contribution in [0.4, 0.5) is 15.0 Å². The number of nitrogens with zero attached hydrogens (tertiary/aromatic N) is 4. The molecule has 8 heteroatoms. The molecule has 0 saturated carbocycles. The van der Waals surface area contributed by atoms with Gasteiger partial charge in [0.2, 0.25) is 0 Å². The highest BCUT2D eigenvalue weighted by Gasteiger charge is 2.17. The molecular weight excluding hydrogens is 347 g/mol. The van der Waals surface area contributed by atoms with E-state index in [1.807, 2.05) is 33.9 Å². The average Bonchev–Trinajstić information content (AvgIpc) is 3.12. The molecule has 0 fully saturated rings. The molecule has 0 aliphatic rings. The normalized spacial score (nSPS) is 12.0. The van der Waals surface area contributed by atoms with Gasteiger partial charge in [-0.3, -0.25) is 10.00 Å². The Labute approximate surface area is 157 Å². The molecule has 2 amide bonds. The molecule has 0 spiro atoms. The van der Waals surface area contributed by atoms with Gasteiger partial charge in [-0.2, -0.15) is 10.2 Å². The van der Waals surface area contributed by atoms with Gasteiger partial charge in [0.25, 0.3) is 0 Å². The molecular formula is C19H23FN6O.